The second-order valence-electron chi connectivity index (χ2n) is 5.67. The molecule has 0 aliphatic carbocycles. The summed E-state index contributed by atoms with van der Waals surface area (Å²) in [6.45, 7) is 1.93. The molecule has 3 N–H and O–H groups in total. The van der Waals surface area contributed by atoms with Gasteiger partial charge in [0.25, 0.3) is 0 Å². The SMILES string of the molecule is COc1ccc(CCNC(N)=NCCCOc2cccc(OC)c2)cc1.I. The average molecular weight is 485 g/mol. The van der Waals surface area contributed by atoms with Crippen LogP contribution in [0.2, 0.25) is 0 Å². The van der Waals surface area contributed by atoms with E-state index in [-0.39, 0.29) is 24.0 Å². The van der Waals surface area contributed by atoms with Gasteiger partial charge in [-0.05, 0) is 36.2 Å². The molecule has 2 aromatic rings. The van der Waals surface area contributed by atoms with Crippen LogP contribution in [0.15, 0.2) is 53.5 Å². The Kier molecular flexibility index (Phi) is 11.1. The molecule has 148 valence electrons. The third kappa shape index (κ3) is 8.85. The van der Waals surface area contributed by atoms with Gasteiger partial charge in [-0.1, -0.05) is 18.2 Å². The van der Waals surface area contributed by atoms with Crippen LogP contribution in [0, 0.1) is 0 Å². The van der Waals surface area contributed by atoms with E-state index < -0.39 is 0 Å². The van der Waals surface area contributed by atoms with Gasteiger partial charge >= 0.3 is 0 Å². The smallest absolute Gasteiger partial charge is 0.188 e. The van der Waals surface area contributed by atoms with Crippen LogP contribution in [0.1, 0.15) is 12.0 Å². The van der Waals surface area contributed by atoms with Crippen LogP contribution in [0.4, 0.5) is 0 Å². The van der Waals surface area contributed by atoms with Crippen LogP contribution < -0.4 is 25.3 Å². The molecule has 0 radical (unpaired) electrons. The number of hydrogen-bond acceptors (Lipinski definition) is 4. The second-order valence-corrected chi connectivity index (χ2v) is 5.67. The Morgan fingerprint density at radius 1 is 1.00 bits per heavy atom. The van der Waals surface area contributed by atoms with E-state index in [1.54, 1.807) is 14.2 Å². The Balaban J connectivity index is 0.00000364. The van der Waals surface area contributed by atoms with Crippen molar-refractivity contribution in [1.29, 1.82) is 0 Å². The molecule has 2 rings (SSSR count). The number of rotatable bonds is 10. The molecule has 2 aromatic carbocycles. The minimum absolute atomic E-state index is 0. The van der Waals surface area contributed by atoms with Crippen molar-refractivity contribution in [3.63, 3.8) is 0 Å². The highest BCUT2D eigenvalue weighted by Gasteiger charge is 1.98. The summed E-state index contributed by atoms with van der Waals surface area (Å²) in [4.78, 5) is 4.31. The van der Waals surface area contributed by atoms with Crippen molar-refractivity contribution in [2.24, 2.45) is 10.7 Å². The summed E-state index contributed by atoms with van der Waals surface area (Å²) in [5.41, 5.74) is 7.10. The number of ether oxygens (including phenoxy) is 3. The predicted octanol–water partition coefficient (Wildman–Crippen LogP) is 3.24. The zero-order valence-corrected chi connectivity index (χ0v) is 18.1. The van der Waals surface area contributed by atoms with E-state index in [1.807, 2.05) is 48.5 Å². The fourth-order valence-electron chi connectivity index (χ4n) is 2.33. The van der Waals surface area contributed by atoms with Crippen LogP contribution in [-0.4, -0.2) is 39.9 Å². The summed E-state index contributed by atoms with van der Waals surface area (Å²) < 4.78 is 16.0. The number of aliphatic imine (C=N–C) groups is 1. The largest absolute Gasteiger partial charge is 0.497 e. The van der Waals surface area contributed by atoms with E-state index >= 15 is 0 Å². The van der Waals surface area contributed by atoms with E-state index in [9.17, 15) is 0 Å². The monoisotopic (exact) mass is 485 g/mol. The third-order valence-electron chi connectivity index (χ3n) is 3.77. The predicted molar refractivity (Wildman–Crippen MR) is 120 cm³/mol. The highest BCUT2D eigenvalue weighted by molar-refractivity contribution is 14.0. The van der Waals surface area contributed by atoms with E-state index in [0.717, 1.165) is 36.6 Å². The van der Waals surface area contributed by atoms with Gasteiger partial charge in [-0.25, -0.2) is 0 Å². The molecule has 0 aliphatic heterocycles. The van der Waals surface area contributed by atoms with Gasteiger partial charge in [0.05, 0.1) is 20.8 Å². The Bertz CT molecular complexity index is 693. The molecule has 0 heterocycles. The quantitative estimate of drug-likeness (QED) is 0.234. The van der Waals surface area contributed by atoms with Gasteiger partial charge in [-0.3, -0.25) is 4.99 Å². The van der Waals surface area contributed by atoms with Crippen molar-refractivity contribution in [3.8, 4) is 17.2 Å². The molecule has 7 heteroatoms. The summed E-state index contributed by atoms with van der Waals surface area (Å²) >= 11 is 0. The Labute approximate surface area is 178 Å². The van der Waals surface area contributed by atoms with Crippen molar-refractivity contribution in [3.05, 3.63) is 54.1 Å². The zero-order chi connectivity index (χ0) is 18.6. The first-order valence-corrected chi connectivity index (χ1v) is 8.65. The summed E-state index contributed by atoms with van der Waals surface area (Å²) in [7, 11) is 3.30. The van der Waals surface area contributed by atoms with Crippen molar-refractivity contribution in [2.75, 3.05) is 33.9 Å². The van der Waals surface area contributed by atoms with E-state index in [1.165, 1.54) is 5.56 Å². The number of benzene rings is 2. The maximum Gasteiger partial charge on any atom is 0.188 e. The molecule has 0 bridgehead atoms. The summed E-state index contributed by atoms with van der Waals surface area (Å²) in [6, 6.07) is 15.5. The lowest BCUT2D eigenvalue weighted by Gasteiger charge is -2.08. The molecule has 0 spiro atoms. The number of nitrogens with two attached hydrogens (primary N) is 1. The Hall–Kier alpha value is -2.16. The minimum Gasteiger partial charge on any atom is -0.497 e. The molecule has 6 nitrogen and oxygen atoms in total. The molecule has 27 heavy (non-hydrogen) atoms. The first kappa shape index (κ1) is 22.9. The van der Waals surface area contributed by atoms with Crippen LogP contribution in [0.5, 0.6) is 17.2 Å². The van der Waals surface area contributed by atoms with Crippen LogP contribution in [0.3, 0.4) is 0 Å². The number of halogens is 1. The first-order chi connectivity index (χ1) is 12.7. The highest BCUT2D eigenvalue weighted by atomic mass is 127. The summed E-state index contributed by atoms with van der Waals surface area (Å²) in [6.07, 6.45) is 1.66. The summed E-state index contributed by atoms with van der Waals surface area (Å²) in [5.74, 6) is 2.89. The topological polar surface area (TPSA) is 78.1 Å². The standard InChI is InChI=1S/C20H27N3O3.HI/c1-24-17-9-7-16(8-10-17)11-13-23-20(21)22-12-4-14-26-19-6-3-5-18(15-19)25-2;/h3,5-10,15H,4,11-14H2,1-2H3,(H3,21,22,23);1H. The van der Waals surface area contributed by atoms with Gasteiger partial charge in [0.2, 0.25) is 0 Å². The van der Waals surface area contributed by atoms with Crippen molar-refractivity contribution in [2.45, 2.75) is 12.8 Å². The molecule has 0 atom stereocenters. The number of guanidine groups is 1. The minimum atomic E-state index is 0. The zero-order valence-electron chi connectivity index (χ0n) is 15.8. The fraction of sp³-hybridized carbons (Fsp3) is 0.350. The van der Waals surface area contributed by atoms with E-state index in [2.05, 4.69) is 10.3 Å². The molecule has 0 aromatic heterocycles. The number of nitrogens with one attached hydrogen (secondary N) is 1. The summed E-state index contributed by atoms with van der Waals surface area (Å²) in [5, 5.41) is 3.12. The number of nitrogens with zero attached hydrogens (tertiary/aromatic N) is 1. The average Bonchev–Trinajstić information content (AvgIpc) is 2.68. The van der Waals surface area contributed by atoms with Gasteiger partial charge in [0.15, 0.2) is 5.96 Å². The highest BCUT2D eigenvalue weighted by Crippen LogP contribution is 2.18. The molecule has 0 saturated heterocycles. The molecule has 0 aliphatic rings. The van der Waals surface area contributed by atoms with E-state index in [0.29, 0.717) is 19.1 Å². The van der Waals surface area contributed by atoms with Crippen molar-refractivity contribution < 1.29 is 14.2 Å². The Morgan fingerprint density at radius 3 is 2.41 bits per heavy atom. The third-order valence-corrected chi connectivity index (χ3v) is 3.77. The van der Waals surface area contributed by atoms with E-state index in [4.69, 9.17) is 19.9 Å². The lowest BCUT2D eigenvalue weighted by atomic mass is 10.1. The van der Waals surface area contributed by atoms with Gasteiger partial charge in [-0.15, -0.1) is 24.0 Å². The van der Waals surface area contributed by atoms with Crippen molar-refractivity contribution in [1.82, 2.24) is 5.32 Å². The van der Waals surface area contributed by atoms with Crippen LogP contribution >= 0.6 is 24.0 Å². The van der Waals surface area contributed by atoms with Gasteiger partial charge in [0.1, 0.15) is 17.2 Å². The first-order valence-electron chi connectivity index (χ1n) is 8.65. The van der Waals surface area contributed by atoms with Crippen LogP contribution in [-0.2, 0) is 6.42 Å². The lowest BCUT2D eigenvalue weighted by molar-refractivity contribution is 0.311. The molecular formula is C20H28IN3O3. The normalized spacial score (nSPS) is 10.7. The van der Waals surface area contributed by atoms with Crippen molar-refractivity contribution >= 4 is 29.9 Å². The maximum absolute atomic E-state index is 5.88. The molecule has 0 amide bonds. The molecule has 0 saturated carbocycles. The van der Waals surface area contributed by atoms with Crippen LogP contribution in [0.25, 0.3) is 0 Å². The molecule has 0 unspecified atom stereocenters. The van der Waals surface area contributed by atoms with Gasteiger partial charge < -0.3 is 25.3 Å². The van der Waals surface area contributed by atoms with Gasteiger partial charge in [-0.2, -0.15) is 0 Å². The number of methoxy groups -OCH3 is 2. The second kappa shape index (κ2) is 13.1. The fourth-order valence-corrected chi connectivity index (χ4v) is 2.33. The van der Waals surface area contributed by atoms with Gasteiger partial charge in [0, 0.05) is 25.6 Å². The Morgan fingerprint density at radius 2 is 1.70 bits per heavy atom. The molecular weight excluding hydrogens is 457 g/mol. The lowest BCUT2D eigenvalue weighted by Crippen LogP contribution is -2.33. The molecule has 0 fully saturated rings. The maximum atomic E-state index is 5.88. The number of hydrogen-bond donors (Lipinski definition) is 2.